The highest BCUT2D eigenvalue weighted by molar-refractivity contribution is 9.10. The molecule has 0 bridgehead atoms. The zero-order valence-electron chi connectivity index (χ0n) is 18.7. The molecule has 0 saturated carbocycles. The minimum Gasteiger partial charge on any atom is -0.483 e. The highest BCUT2D eigenvalue weighted by atomic mass is 79.9. The van der Waals surface area contributed by atoms with Crippen LogP contribution in [0.1, 0.15) is 49.5 Å². The number of benzene rings is 2. The third-order valence-corrected chi connectivity index (χ3v) is 5.48. The van der Waals surface area contributed by atoms with E-state index in [2.05, 4.69) is 59.2 Å². The van der Waals surface area contributed by atoms with Crippen LogP contribution in [0.4, 0.5) is 5.69 Å². The Morgan fingerprint density at radius 3 is 2.35 bits per heavy atom. The molecule has 2 aromatic carbocycles. The molecule has 0 saturated heterocycles. The van der Waals surface area contributed by atoms with Crippen LogP contribution in [-0.2, 0) is 4.79 Å². The number of anilines is 1. The topological polar surface area (TPSA) is 70.7 Å². The molecule has 0 unspecified atom stereocenters. The number of hydrogen-bond donors (Lipinski definition) is 2. The summed E-state index contributed by atoms with van der Waals surface area (Å²) in [6, 6.07) is 12.6. The lowest BCUT2D eigenvalue weighted by atomic mass is 10.0. The van der Waals surface area contributed by atoms with Crippen LogP contribution < -0.4 is 15.4 Å². The SMILES string of the molecule is CCN(CC)CCNC(=O)c1ccc(NC(=O)COc2ccc(Br)cc2C(C)C)cc1. The van der Waals surface area contributed by atoms with E-state index in [1.165, 1.54) is 0 Å². The van der Waals surface area contributed by atoms with E-state index in [0.29, 0.717) is 23.5 Å². The highest BCUT2D eigenvalue weighted by Gasteiger charge is 2.11. The third-order valence-electron chi connectivity index (χ3n) is 4.99. The Labute approximate surface area is 193 Å². The number of hydrogen-bond acceptors (Lipinski definition) is 4. The molecule has 0 spiro atoms. The van der Waals surface area contributed by atoms with Gasteiger partial charge < -0.3 is 20.3 Å². The molecule has 168 valence electrons. The van der Waals surface area contributed by atoms with Crippen molar-refractivity contribution in [3.8, 4) is 5.75 Å². The number of likely N-dealkylation sites (N-methyl/N-ethyl adjacent to an activating group) is 1. The highest BCUT2D eigenvalue weighted by Crippen LogP contribution is 2.29. The number of ether oxygens (including phenoxy) is 1. The van der Waals surface area contributed by atoms with E-state index >= 15 is 0 Å². The van der Waals surface area contributed by atoms with Crippen LogP contribution in [-0.4, -0.2) is 49.5 Å². The van der Waals surface area contributed by atoms with Crippen molar-refractivity contribution < 1.29 is 14.3 Å². The number of carbonyl (C=O) groups is 2. The fourth-order valence-corrected chi connectivity index (χ4v) is 3.50. The summed E-state index contributed by atoms with van der Waals surface area (Å²) in [6.07, 6.45) is 0. The van der Waals surface area contributed by atoms with Gasteiger partial charge in [0.2, 0.25) is 0 Å². The first kappa shape index (κ1) is 24.9. The average Bonchev–Trinajstić information content (AvgIpc) is 2.76. The summed E-state index contributed by atoms with van der Waals surface area (Å²) in [5.41, 5.74) is 2.22. The van der Waals surface area contributed by atoms with Crippen molar-refractivity contribution in [1.82, 2.24) is 10.2 Å². The summed E-state index contributed by atoms with van der Waals surface area (Å²) < 4.78 is 6.71. The quantitative estimate of drug-likeness (QED) is 0.481. The van der Waals surface area contributed by atoms with Gasteiger partial charge in [0, 0.05) is 28.8 Å². The van der Waals surface area contributed by atoms with Gasteiger partial charge in [0.05, 0.1) is 0 Å². The molecule has 0 heterocycles. The maximum Gasteiger partial charge on any atom is 0.262 e. The first-order chi connectivity index (χ1) is 14.8. The molecule has 0 aliphatic heterocycles. The van der Waals surface area contributed by atoms with E-state index in [1.807, 2.05) is 18.2 Å². The Hall–Kier alpha value is -2.38. The lowest BCUT2D eigenvalue weighted by Gasteiger charge is -2.18. The van der Waals surface area contributed by atoms with Crippen molar-refractivity contribution >= 4 is 33.4 Å². The maximum atomic E-state index is 12.3. The molecular weight excluding hydrogens is 458 g/mol. The van der Waals surface area contributed by atoms with Gasteiger partial charge in [-0.25, -0.2) is 0 Å². The van der Waals surface area contributed by atoms with Crippen LogP contribution in [0.2, 0.25) is 0 Å². The van der Waals surface area contributed by atoms with Gasteiger partial charge in [-0.1, -0.05) is 43.6 Å². The Kier molecular flexibility index (Phi) is 10.0. The van der Waals surface area contributed by atoms with E-state index < -0.39 is 0 Å². The normalized spacial score (nSPS) is 10.9. The first-order valence-corrected chi connectivity index (χ1v) is 11.5. The standard InChI is InChI=1S/C24H32BrN3O3/c1-5-28(6-2)14-13-26-24(30)18-7-10-20(11-8-18)27-23(29)16-31-22-12-9-19(25)15-21(22)17(3)4/h7-12,15,17H,5-6,13-14,16H2,1-4H3,(H,26,30)(H,27,29). The second-order valence-electron chi connectivity index (χ2n) is 7.53. The van der Waals surface area contributed by atoms with E-state index in [1.54, 1.807) is 24.3 Å². The minimum atomic E-state index is -0.256. The van der Waals surface area contributed by atoms with E-state index in [4.69, 9.17) is 4.74 Å². The summed E-state index contributed by atoms with van der Waals surface area (Å²) in [4.78, 5) is 26.8. The van der Waals surface area contributed by atoms with Crippen molar-refractivity contribution in [3.63, 3.8) is 0 Å². The molecule has 0 radical (unpaired) electrons. The molecule has 6 nitrogen and oxygen atoms in total. The third kappa shape index (κ3) is 7.99. The second kappa shape index (κ2) is 12.5. The predicted molar refractivity (Wildman–Crippen MR) is 129 cm³/mol. The smallest absolute Gasteiger partial charge is 0.262 e. The van der Waals surface area contributed by atoms with Crippen molar-refractivity contribution in [2.45, 2.75) is 33.6 Å². The Balaban J connectivity index is 1.84. The Morgan fingerprint density at radius 1 is 1.06 bits per heavy atom. The number of nitrogens with zero attached hydrogens (tertiary/aromatic N) is 1. The molecule has 2 N–H and O–H groups in total. The van der Waals surface area contributed by atoms with Crippen LogP contribution in [0, 0.1) is 0 Å². The summed E-state index contributed by atoms with van der Waals surface area (Å²) >= 11 is 3.47. The van der Waals surface area contributed by atoms with Gasteiger partial charge in [0.15, 0.2) is 6.61 Å². The summed E-state index contributed by atoms with van der Waals surface area (Å²) in [5.74, 6) is 0.602. The number of amides is 2. The maximum absolute atomic E-state index is 12.3. The number of halogens is 1. The summed E-state index contributed by atoms with van der Waals surface area (Å²) in [5, 5.41) is 5.72. The van der Waals surface area contributed by atoms with Crippen LogP contribution in [0.25, 0.3) is 0 Å². The lowest BCUT2D eigenvalue weighted by Crippen LogP contribution is -2.34. The first-order valence-electron chi connectivity index (χ1n) is 10.7. The molecule has 2 rings (SSSR count). The average molecular weight is 490 g/mol. The molecule has 2 amide bonds. The molecule has 0 aliphatic carbocycles. The van der Waals surface area contributed by atoms with Crippen molar-refractivity contribution in [2.75, 3.05) is 38.1 Å². The Morgan fingerprint density at radius 2 is 1.74 bits per heavy atom. The lowest BCUT2D eigenvalue weighted by molar-refractivity contribution is -0.118. The molecule has 0 fully saturated rings. The number of carbonyl (C=O) groups excluding carboxylic acids is 2. The fourth-order valence-electron chi connectivity index (χ4n) is 3.12. The largest absolute Gasteiger partial charge is 0.483 e. The summed E-state index contributed by atoms with van der Waals surface area (Å²) in [6.45, 7) is 11.6. The minimum absolute atomic E-state index is 0.0883. The van der Waals surface area contributed by atoms with E-state index in [-0.39, 0.29) is 24.3 Å². The molecule has 0 aliphatic rings. The number of rotatable bonds is 11. The van der Waals surface area contributed by atoms with E-state index in [0.717, 1.165) is 29.7 Å². The van der Waals surface area contributed by atoms with Crippen LogP contribution >= 0.6 is 15.9 Å². The second-order valence-corrected chi connectivity index (χ2v) is 8.45. The Bertz CT molecular complexity index is 865. The van der Waals surface area contributed by atoms with Crippen molar-refractivity contribution in [2.24, 2.45) is 0 Å². The van der Waals surface area contributed by atoms with Crippen LogP contribution in [0.3, 0.4) is 0 Å². The predicted octanol–water partition coefficient (Wildman–Crippen LogP) is 4.66. The van der Waals surface area contributed by atoms with Crippen LogP contribution in [0.5, 0.6) is 5.75 Å². The molecular formula is C24H32BrN3O3. The monoisotopic (exact) mass is 489 g/mol. The van der Waals surface area contributed by atoms with Gasteiger partial charge in [0.1, 0.15) is 5.75 Å². The van der Waals surface area contributed by atoms with Gasteiger partial charge >= 0.3 is 0 Å². The molecule has 7 heteroatoms. The van der Waals surface area contributed by atoms with Gasteiger partial charge in [-0.15, -0.1) is 0 Å². The van der Waals surface area contributed by atoms with Gasteiger partial charge in [-0.05, 0) is 67.0 Å². The van der Waals surface area contributed by atoms with Gasteiger partial charge in [-0.3, -0.25) is 9.59 Å². The number of nitrogens with one attached hydrogen (secondary N) is 2. The fraction of sp³-hybridized carbons (Fsp3) is 0.417. The molecule has 2 aromatic rings. The van der Waals surface area contributed by atoms with E-state index in [9.17, 15) is 9.59 Å². The molecule has 31 heavy (non-hydrogen) atoms. The van der Waals surface area contributed by atoms with Crippen molar-refractivity contribution in [3.05, 3.63) is 58.1 Å². The molecule has 0 atom stereocenters. The molecule has 0 aromatic heterocycles. The zero-order chi connectivity index (χ0) is 22.8. The summed E-state index contributed by atoms with van der Waals surface area (Å²) in [7, 11) is 0. The van der Waals surface area contributed by atoms with Crippen LogP contribution in [0.15, 0.2) is 46.9 Å². The van der Waals surface area contributed by atoms with Gasteiger partial charge in [-0.2, -0.15) is 0 Å². The van der Waals surface area contributed by atoms with Crippen molar-refractivity contribution in [1.29, 1.82) is 0 Å². The van der Waals surface area contributed by atoms with Gasteiger partial charge in [0.25, 0.3) is 11.8 Å². The zero-order valence-corrected chi connectivity index (χ0v) is 20.3.